The zero-order valence-corrected chi connectivity index (χ0v) is 16.6. The van der Waals surface area contributed by atoms with E-state index in [1.54, 1.807) is 30.3 Å². The number of imide groups is 1. The number of nitrogens with one attached hydrogen (secondary N) is 2. The summed E-state index contributed by atoms with van der Waals surface area (Å²) in [7, 11) is 1.53. The van der Waals surface area contributed by atoms with Gasteiger partial charge in [0.2, 0.25) is 0 Å². The number of carbonyl (C=O) groups excluding carboxylic acids is 3. The molecule has 1 aromatic carbocycles. The van der Waals surface area contributed by atoms with E-state index in [0.717, 1.165) is 25.7 Å². The van der Waals surface area contributed by atoms with Gasteiger partial charge in [-0.2, -0.15) is 5.26 Å². The van der Waals surface area contributed by atoms with Gasteiger partial charge in [-0.05, 0) is 42.5 Å². The van der Waals surface area contributed by atoms with E-state index in [-0.39, 0.29) is 11.6 Å². The molecule has 1 aromatic rings. The van der Waals surface area contributed by atoms with Gasteiger partial charge in [-0.3, -0.25) is 10.1 Å². The van der Waals surface area contributed by atoms with Crippen molar-refractivity contribution in [3.8, 4) is 11.8 Å². The highest BCUT2D eigenvalue weighted by atomic mass is 16.5. The van der Waals surface area contributed by atoms with Crippen LogP contribution in [0, 0.1) is 17.2 Å². The normalized spacial score (nSPS) is 18.9. The second kappa shape index (κ2) is 10.9. The van der Waals surface area contributed by atoms with Gasteiger partial charge >= 0.3 is 12.0 Å². The van der Waals surface area contributed by atoms with Crippen LogP contribution < -0.4 is 15.4 Å². The third kappa shape index (κ3) is 6.96. The van der Waals surface area contributed by atoms with Crippen LogP contribution in [0.1, 0.15) is 38.2 Å². The summed E-state index contributed by atoms with van der Waals surface area (Å²) < 4.78 is 9.88. The molecule has 1 aliphatic rings. The summed E-state index contributed by atoms with van der Waals surface area (Å²) in [5, 5.41) is 14.1. The molecule has 8 nitrogen and oxygen atoms in total. The SMILES string of the molecule is COc1ccc(/C=C(\C#N)C(=O)OCC(=O)NC(=O)N[C@H]2CCCC[C@@H]2C)cc1. The first-order valence-electron chi connectivity index (χ1n) is 9.46. The predicted molar refractivity (Wildman–Crippen MR) is 106 cm³/mol. The molecule has 0 heterocycles. The van der Waals surface area contributed by atoms with Gasteiger partial charge in [0.1, 0.15) is 17.4 Å². The molecule has 0 aromatic heterocycles. The second-order valence-electron chi connectivity index (χ2n) is 6.91. The van der Waals surface area contributed by atoms with Crippen molar-refractivity contribution in [2.45, 2.75) is 38.6 Å². The van der Waals surface area contributed by atoms with Crippen LogP contribution in [0.3, 0.4) is 0 Å². The van der Waals surface area contributed by atoms with Crippen LogP contribution in [-0.2, 0) is 14.3 Å². The molecule has 0 bridgehead atoms. The van der Waals surface area contributed by atoms with Crippen molar-refractivity contribution in [1.29, 1.82) is 5.26 Å². The molecule has 0 saturated heterocycles. The molecule has 0 spiro atoms. The third-order valence-corrected chi connectivity index (χ3v) is 4.78. The first-order valence-corrected chi connectivity index (χ1v) is 9.46. The summed E-state index contributed by atoms with van der Waals surface area (Å²) >= 11 is 0. The van der Waals surface area contributed by atoms with E-state index in [0.29, 0.717) is 17.2 Å². The van der Waals surface area contributed by atoms with Crippen molar-refractivity contribution in [2.24, 2.45) is 5.92 Å². The lowest BCUT2D eigenvalue weighted by Gasteiger charge is -2.29. The number of amides is 3. The minimum atomic E-state index is -0.945. The zero-order valence-electron chi connectivity index (χ0n) is 16.6. The minimum Gasteiger partial charge on any atom is -0.497 e. The number of methoxy groups -OCH3 is 1. The molecule has 1 aliphatic carbocycles. The molecule has 2 N–H and O–H groups in total. The molecule has 0 radical (unpaired) electrons. The van der Waals surface area contributed by atoms with Gasteiger partial charge in [-0.25, -0.2) is 9.59 Å². The number of rotatable bonds is 6. The van der Waals surface area contributed by atoms with Crippen molar-refractivity contribution in [3.05, 3.63) is 35.4 Å². The van der Waals surface area contributed by atoms with E-state index < -0.39 is 24.5 Å². The van der Waals surface area contributed by atoms with Gasteiger partial charge in [0.15, 0.2) is 6.61 Å². The first-order chi connectivity index (χ1) is 13.9. The third-order valence-electron chi connectivity index (χ3n) is 4.78. The van der Waals surface area contributed by atoms with Crippen LogP contribution >= 0.6 is 0 Å². The molecule has 0 unspecified atom stereocenters. The smallest absolute Gasteiger partial charge is 0.349 e. The average molecular weight is 399 g/mol. The number of nitrogens with zero attached hydrogens (tertiary/aromatic N) is 1. The molecular formula is C21H25N3O5. The molecule has 0 aliphatic heterocycles. The highest BCUT2D eigenvalue weighted by Crippen LogP contribution is 2.23. The van der Waals surface area contributed by atoms with Crippen molar-refractivity contribution in [1.82, 2.24) is 10.6 Å². The van der Waals surface area contributed by atoms with Gasteiger partial charge in [0.05, 0.1) is 7.11 Å². The molecule has 3 amide bonds. The van der Waals surface area contributed by atoms with Crippen LogP contribution in [0.5, 0.6) is 5.75 Å². The molecule has 1 saturated carbocycles. The van der Waals surface area contributed by atoms with Crippen LogP contribution in [-0.4, -0.2) is 37.7 Å². The summed E-state index contributed by atoms with van der Waals surface area (Å²) in [5.74, 6) is -0.717. The van der Waals surface area contributed by atoms with Gasteiger partial charge in [-0.1, -0.05) is 31.9 Å². The fraction of sp³-hybridized carbons (Fsp3) is 0.429. The van der Waals surface area contributed by atoms with Gasteiger partial charge < -0.3 is 14.8 Å². The Bertz CT molecular complexity index is 811. The maximum absolute atomic E-state index is 12.0. The zero-order chi connectivity index (χ0) is 21.2. The molecule has 8 heteroatoms. The minimum absolute atomic E-state index is 0.0247. The van der Waals surface area contributed by atoms with Crippen LogP contribution in [0.2, 0.25) is 0 Å². The van der Waals surface area contributed by atoms with E-state index >= 15 is 0 Å². The van der Waals surface area contributed by atoms with Crippen LogP contribution in [0.4, 0.5) is 4.79 Å². The van der Waals surface area contributed by atoms with Crippen LogP contribution in [0.15, 0.2) is 29.8 Å². The number of benzene rings is 1. The van der Waals surface area contributed by atoms with Crippen molar-refractivity contribution in [2.75, 3.05) is 13.7 Å². The molecule has 154 valence electrons. The van der Waals surface area contributed by atoms with Crippen molar-refractivity contribution < 1.29 is 23.9 Å². The lowest BCUT2D eigenvalue weighted by molar-refractivity contribution is -0.144. The van der Waals surface area contributed by atoms with E-state index in [1.165, 1.54) is 13.2 Å². The lowest BCUT2D eigenvalue weighted by atomic mass is 9.86. The van der Waals surface area contributed by atoms with Crippen molar-refractivity contribution >= 4 is 24.0 Å². The van der Waals surface area contributed by atoms with Gasteiger partial charge in [0.25, 0.3) is 5.91 Å². The summed E-state index contributed by atoms with van der Waals surface area (Å²) in [5.41, 5.74) is 0.341. The maximum Gasteiger partial charge on any atom is 0.349 e. The second-order valence-corrected chi connectivity index (χ2v) is 6.91. The van der Waals surface area contributed by atoms with E-state index in [9.17, 15) is 14.4 Å². The van der Waals surface area contributed by atoms with Gasteiger partial charge in [-0.15, -0.1) is 0 Å². The lowest BCUT2D eigenvalue weighted by Crippen LogP contribution is -2.48. The maximum atomic E-state index is 12.0. The Morgan fingerprint density at radius 1 is 1.21 bits per heavy atom. The molecule has 1 fully saturated rings. The first kappa shape index (κ1) is 22.0. The Labute approximate surface area is 169 Å². The number of hydrogen-bond donors (Lipinski definition) is 2. The summed E-state index contributed by atoms with van der Waals surface area (Å²) in [6, 6.07) is 7.88. The predicted octanol–water partition coefficient (Wildman–Crippen LogP) is 2.55. The topological polar surface area (TPSA) is 118 Å². The molecule has 2 rings (SSSR count). The van der Waals surface area contributed by atoms with Gasteiger partial charge in [0, 0.05) is 6.04 Å². The average Bonchev–Trinajstić information content (AvgIpc) is 2.72. The van der Waals surface area contributed by atoms with Crippen molar-refractivity contribution in [3.63, 3.8) is 0 Å². The summed E-state index contributed by atoms with van der Waals surface area (Å²) in [6.45, 7) is 1.40. The van der Waals surface area contributed by atoms with E-state index in [2.05, 4.69) is 17.6 Å². The fourth-order valence-electron chi connectivity index (χ4n) is 3.11. The highest BCUT2D eigenvalue weighted by molar-refractivity contribution is 6.00. The van der Waals surface area contributed by atoms with E-state index in [4.69, 9.17) is 14.7 Å². The largest absolute Gasteiger partial charge is 0.497 e. The molecular weight excluding hydrogens is 374 g/mol. The Kier molecular flexibility index (Phi) is 8.22. The number of urea groups is 1. The fourth-order valence-corrected chi connectivity index (χ4v) is 3.11. The number of ether oxygens (including phenoxy) is 2. The number of carbonyl (C=O) groups is 3. The number of hydrogen-bond acceptors (Lipinski definition) is 6. The number of esters is 1. The Balaban J connectivity index is 1.82. The Hall–Kier alpha value is -3.34. The van der Waals surface area contributed by atoms with Crippen LogP contribution in [0.25, 0.3) is 6.08 Å². The van der Waals surface area contributed by atoms with E-state index in [1.807, 2.05) is 0 Å². The number of nitriles is 1. The summed E-state index contributed by atoms with van der Waals surface area (Å²) in [6.07, 6.45) is 5.43. The highest BCUT2D eigenvalue weighted by Gasteiger charge is 2.23. The standard InChI is InChI=1S/C21H25N3O5/c1-14-5-3-4-6-18(14)23-21(27)24-19(25)13-29-20(26)16(12-22)11-15-7-9-17(28-2)10-8-15/h7-11,14,18H,3-6,13H2,1-2H3,(H2,23,24,25,27)/b16-11+/t14-,18-/m0/s1. The molecule has 2 atom stereocenters. The Morgan fingerprint density at radius 3 is 2.52 bits per heavy atom. The summed E-state index contributed by atoms with van der Waals surface area (Å²) in [4.78, 5) is 35.8. The monoisotopic (exact) mass is 399 g/mol. The Morgan fingerprint density at radius 2 is 1.90 bits per heavy atom. The quantitative estimate of drug-likeness (QED) is 0.431. The molecule has 29 heavy (non-hydrogen) atoms.